The molecule has 16 heavy (non-hydrogen) atoms. The zero-order valence-electron chi connectivity index (χ0n) is 11.0. The Labute approximate surface area is 105 Å². The molecule has 1 saturated heterocycles. The van der Waals surface area contributed by atoms with Gasteiger partial charge >= 0.3 is 0 Å². The molecule has 3 unspecified atom stereocenters. The summed E-state index contributed by atoms with van der Waals surface area (Å²) in [5.74, 6) is 1.18. The molecule has 0 aromatic heterocycles. The normalized spacial score (nSPS) is 24.6. The van der Waals surface area contributed by atoms with Crippen LogP contribution in [0, 0.1) is 0 Å². The van der Waals surface area contributed by atoms with Gasteiger partial charge in [0, 0.05) is 23.7 Å². The summed E-state index contributed by atoms with van der Waals surface area (Å²) in [5.41, 5.74) is 0. The Morgan fingerprint density at radius 3 is 2.88 bits per heavy atom. The van der Waals surface area contributed by atoms with E-state index in [9.17, 15) is 0 Å². The fourth-order valence-electron chi connectivity index (χ4n) is 2.09. The van der Waals surface area contributed by atoms with E-state index < -0.39 is 0 Å². The van der Waals surface area contributed by atoms with Gasteiger partial charge < -0.3 is 10.1 Å². The molecule has 0 aromatic rings. The summed E-state index contributed by atoms with van der Waals surface area (Å²) in [6.07, 6.45) is 5.54. The van der Waals surface area contributed by atoms with Crippen LogP contribution in [0.15, 0.2) is 0 Å². The second kappa shape index (κ2) is 8.37. The molecule has 0 radical (unpaired) electrons. The molecule has 96 valence electrons. The molecule has 1 fully saturated rings. The van der Waals surface area contributed by atoms with E-state index in [-0.39, 0.29) is 0 Å². The number of rotatable bonds is 8. The predicted molar refractivity (Wildman–Crippen MR) is 73.3 cm³/mol. The molecule has 1 N–H and O–H groups in total. The molecule has 1 aliphatic heterocycles. The lowest BCUT2D eigenvalue weighted by molar-refractivity contribution is 0.129. The molecular formula is C13H27NOS. The Morgan fingerprint density at radius 2 is 2.25 bits per heavy atom. The van der Waals surface area contributed by atoms with Crippen molar-refractivity contribution in [2.45, 2.75) is 63.9 Å². The molecular weight excluding hydrogens is 218 g/mol. The first-order valence-corrected chi connectivity index (χ1v) is 7.73. The number of ether oxygens (including phenoxy) is 1. The van der Waals surface area contributed by atoms with E-state index in [1.165, 1.54) is 31.4 Å². The molecule has 0 bridgehead atoms. The maximum Gasteiger partial charge on any atom is 0.0666 e. The summed E-state index contributed by atoms with van der Waals surface area (Å²) in [4.78, 5) is 0. The fourth-order valence-corrected chi connectivity index (χ4v) is 3.32. The topological polar surface area (TPSA) is 21.3 Å². The van der Waals surface area contributed by atoms with Gasteiger partial charge in [0.15, 0.2) is 0 Å². The van der Waals surface area contributed by atoms with Crippen LogP contribution < -0.4 is 5.32 Å². The lowest BCUT2D eigenvalue weighted by Crippen LogP contribution is -2.29. The smallest absolute Gasteiger partial charge is 0.0666 e. The third-order valence-corrected chi connectivity index (χ3v) is 4.34. The van der Waals surface area contributed by atoms with E-state index in [2.05, 4.69) is 37.8 Å². The van der Waals surface area contributed by atoms with Gasteiger partial charge in [0.05, 0.1) is 6.10 Å². The van der Waals surface area contributed by atoms with Crippen molar-refractivity contribution in [3.8, 4) is 0 Å². The number of nitrogens with one attached hydrogen (secondary N) is 1. The Morgan fingerprint density at radius 1 is 1.44 bits per heavy atom. The average molecular weight is 245 g/mol. The molecule has 1 heterocycles. The number of thioether (sulfide) groups is 1. The molecule has 3 atom stereocenters. The molecule has 0 saturated carbocycles. The lowest BCUT2D eigenvalue weighted by Gasteiger charge is -2.19. The first kappa shape index (κ1) is 14.3. The van der Waals surface area contributed by atoms with Crippen LogP contribution in [0.5, 0.6) is 0 Å². The first-order valence-electron chi connectivity index (χ1n) is 6.69. The Bertz CT molecular complexity index is 171. The first-order chi connectivity index (χ1) is 7.72. The van der Waals surface area contributed by atoms with Crippen LogP contribution in [0.1, 0.15) is 46.5 Å². The second-order valence-electron chi connectivity index (χ2n) is 4.87. The van der Waals surface area contributed by atoms with Crippen molar-refractivity contribution in [3.63, 3.8) is 0 Å². The van der Waals surface area contributed by atoms with Crippen molar-refractivity contribution in [3.05, 3.63) is 0 Å². The molecule has 0 aliphatic carbocycles. The quantitative estimate of drug-likeness (QED) is 0.710. The maximum atomic E-state index is 5.64. The minimum Gasteiger partial charge on any atom is -0.377 e. The molecule has 0 amide bonds. The number of hydrogen-bond donors (Lipinski definition) is 1. The van der Waals surface area contributed by atoms with Crippen molar-refractivity contribution in [1.82, 2.24) is 5.32 Å². The van der Waals surface area contributed by atoms with Crippen molar-refractivity contribution in [2.75, 3.05) is 18.9 Å². The van der Waals surface area contributed by atoms with Gasteiger partial charge in [0.25, 0.3) is 0 Å². The zero-order valence-corrected chi connectivity index (χ0v) is 11.8. The van der Waals surface area contributed by atoms with Crippen LogP contribution in [0.4, 0.5) is 0 Å². The highest BCUT2D eigenvalue weighted by molar-refractivity contribution is 7.99. The van der Waals surface area contributed by atoms with Crippen molar-refractivity contribution >= 4 is 11.8 Å². The average Bonchev–Trinajstić information content (AvgIpc) is 2.76. The fraction of sp³-hybridized carbons (Fsp3) is 1.00. The van der Waals surface area contributed by atoms with Gasteiger partial charge in [0.1, 0.15) is 0 Å². The SMILES string of the molecule is CCCNC(C)CC(C)SCC1CCCO1. The van der Waals surface area contributed by atoms with Crippen LogP contribution in [0.25, 0.3) is 0 Å². The predicted octanol–water partition coefficient (Wildman–Crippen LogP) is 3.07. The van der Waals surface area contributed by atoms with Crippen LogP contribution in [0.2, 0.25) is 0 Å². The molecule has 0 aromatic carbocycles. The zero-order chi connectivity index (χ0) is 11.8. The standard InChI is InChI=1S/C13H27NOS/c1-4-7-14-11(2)9-12(3)16-10-13-6-5-8-15-13/h11-14H,4-10H2,1-3H3. The Hall–Kier alpha value is 0.270. The van der Waals surface area contributed by atoms with Gasteiger partial charge in [-0.15, -0.1) is 0 Å². The largest absolute Gasteiger partial charge is 0.377 e. The third-order valence-electron chi connectivity index (χ3n) is 3.02. The summed E-state index contributed by atoms with van der Waals surface area (Å²) in [6, 6.07) is 0.645. The van der Waals surface area contributed by atoms with E-state index in [0.717, 1.165) is 18.4 Å². The monoisotopic (exact) mass is 245 g/mol. The van der Waals surface area contributed by atoms with E-state index in [1.807, 2.05) is 0 Å². The summed E-state index contributed by atoms with van der Waals surface area (Å²) >= 11 is 2.07. The van der Waals surface area contributed by atoms with Gasteiger partial charge in [-0.05, 0) is 39.2 Å². The Balaban J connectivity index is 2.02. The maximum absolute atomic E-state index is 5.64. The highest BCUT2D eigenvalue weighted by Gasteiger charge is 2.17. The van der Waals surface area contributed by atoms with E-state index in [1.54, 1.807) is 0 Å². The molecule has 2 nitrogen and oxygen atoms in total. The number of hydrogen-bond acceptors (Lipinski definition) is 3. The van der Waals surface area contributed by atoms with Crippen molar-refractivity contribution < 1.29 is 4.74 Å². The molecule has 1 rings (SSSR count). The minimum absolute atomic E-state index is 0.534. The minimum atomic E-state index is 0.534. The summed E-state index contributed by atoms with van der Waals surface area (Å²) in [7, 11) is 0. The van der Waals surface area contributed by atoms with Gasteiger partial charge in [-0.3, -0.25) is 0 Å². The molecule has 1 aliphatic rings. The van der Waals surface area contributed by atoms with Gasteiger partial charge in [-0.1, -0.05) is 13.8 Å². The van der Waals surface area contributed by atoms with Gasteiger partial charge in [0.2, 0.25) is 0 Å². The van der Waals surface area contributed by atoms with Crippen LogP contribution >= 0.6 is 11.8 Å². The lowest BCUT2D eigenvalue weighted by atomic mass is 10.2. The van der Waals surface area contributed by atoms with Crippen LogP contribution in [-0.4, -0.2) is 36.3 Å². The van der Waals surface area contributed by atoms with Crippen LogP contribution in [-0.2, 0) is 4.74 Å². The molecule has 0 spiro atoms. The van der Waals surface area contributed by atoms with Crippen molar-refractivity contribution in [1.29, 1.82) is 0 Å². The molecule has 3 heteroatoms. The Kier molecular flexibility index (Phi) is 7.50. The summed E-state index contributed by atoms with van der Waals surface area (Å²) in [6.45, 7) is 8.97. The van der Waals surface area contributed by atoms with E-state index in [0.29, 0.717) is 12.1 Å². The third kappa shape index (κ3) is 6.12. The van der Waals surface area contributed by atoms with E-state index >= 15 is 0 Å². The van der Waals surface area contributed by atoms with Crippen molar-refractivity contribution in [2.24, 2.45) is 0 Å². The highest BCUT2D eigenvalue weighted by Crippen LogP contribution is 2.22. The van der Waals surface area contributed by atoms with Crippen LogP contribution in [0.3, 0.4) is 0 Å². The van der Waals surface area contributed by atoms with Gasteiger partial charge in [-0.2, -0.15) is 11.8 Å². The summed E-state index contributed by atoms with van der Waals surface area (Å²) in [5, 5.41) is 4.29. The second-order valence-corrected chi connectivity index (χ2v) is 6.34. The van der Waals surface area contributed by atoms with Gasteiger partial charge in [-0.25, -0.2) is 0 Å². The highest BCUT2D eigenvalue weighted by atomic mass is 32.2. The summed E-state index contributed by atoms with van der Waals surface area (Å²) < 4.78 is 5.64. The van der Waals surface area contributed by atoms with E-state index in [4.69, 9.17) is 4.74 Å².